The number of rotatable bonds is 10. The van der Waals surface area contributed by atoms with E-state index in [9.17, 15) is 49.1 Å². The number of hydrogen-bond acceptors (Lipinski definition) is 11. The molecule has 1 saturated heterocycles. The number of urea groups is 1. The first-order valence-corrected chi connectivity index (χ1v) is 15.0. The quantitative estimate of drug-likeness (QED) is 0.187. The summed E-state index contributed by atoms with van der Waals surface area (Å²) in [4.78, 5) is 50.3. The average molecular weight is 677 g/mol. The van der Waals surface area contributed by atoms with Crippen LogP contribution in [-0.4, -0.2) is 72.2 Å². The van der Waals surface area contributed by atoms with E-state index < -0.39 is 57.6 Å². The fraction of sp³-hybridized carbons (Fsp3) is 0.308. The van der Waals surface area contributed by atoms with Gasteiger partial charge >= 0.3 is 24.4 Å². The smallest absolute Gasteiger partial charge is 0.439 e. The summed E-state index contributed by atoms with van der Waals surface area (Å²) in [6, 6.07) is 4.02. The van der Waals surface area contributed by atoms with Crippen molar-refractivity contribution in [2.45, 2.75) is 31.9 Å². The molecule has 0 radical (unpaired) electrons. The van der Waals surface area contributed by atoms with Crippen molar-refractivity contribution < 1.29 is 58.6 Å². The van der Waals surface area contributed by atoms with Crippen molar-refractivity contribution in [2.75, 3.05) is 33.7 Å². The highest BCUT2D eigenvalue weighted by atomic mass is 32.2. The van der Waals surface area contributed by atoms with Gasteiger partial charge in [-0.3, -0.25) is 9.78 Å². The number of halogens is 6. The minimum absolute atomic E-state index is 0.00924. The molecule has 1 aromatic carbocycles. The number of carbonyl (C=O) groups is 3. The van der Waals surface area contributed by atoms with E-state index in [2.05, 4.69) is 25.0 Å². The third-order valence-electron chi connectivity index (χ3n) is 6.13. The third kappa shape index (κ3) is 7.79. The maximum atomic E-state index is 13.4. The number of amides is 3. The van der Waals surface area contributed by atoms with E-state index in [0.29, 0.717) is 28.9 Å². The van der Waals surface area contributed by atoms with Gasteiger partial charge in [0.25, 0.3) is 12.1 Å². The van der Waals surface area contributed by atoms with Crippen LogP contribution in [0.3, 0.4) is 0 Å². The van der Waals surface area contributed by atoms with Crippen LogP contribution in [0.15, 0.2) is 48.9 Å². The number of aryl methyl sites for hydroxylation is 1. The Morgan fingerprint density at radius 2 is 1.76 bits per heavy atom. The van der Waals surface area contributed by atoms with E-state index in [0.717, 1.165) is 12.3 Å². The molecule has 1 aliphatic rings. The van der Waals surface area contributed by atoms with E-state index in [1.165, 1.54) is 24.4 Å². The predicted molar refractivity (Wildman–Crippen MR) is 147 cm³/mol. The van der Waals surface area contributed by atoms with Crippen LogP contribution >= 0.6 is 0 Å². The van der Waals surface area contributed by atoms with Crippen LogP contribution in [0.4, 0.5) is 48.5 Å². The molecule has 4 rings (SSSR count). The van der Waals surface area contributed by atoms with E-state index in [-0.39, 0.29) is 46.9 Å². The van der Waals surface area contributed by atoms with Crippen LogP contribution in [0, 0.1) is 0 Å². The van der Waals surface area contributed by atoms with Crippen LogP contribution in [0.2, 0.25) is 0 Å². The molecule has 3 aromatic rings. The van der Waals surface area contributed by atoms with E-state index in [4.69, 9.17) is 4.74 Å². The van der Waals surface area contributed by atoms with Crippen molar-refractivity contribution >= 4 is 45.1 Å². The zero-order valence-electron chi connectivity index (χ0n) is 23.6. The number of esters is 1. The number of hydrogen-bond donors (Lipinski definition) is 1. The molecule has 20 heteroatoms. The number of imide groups is 1. The zero-order valence-corrected chi connectivity index (χ0v) is 24.4. The van der Waals surface area contributed by atoms with Crippen LogP contribution in [0.25, 0.3) is 0 Å². The molecule has 1 aliphatic heterocycles. The standard InChI is InChI=1S/C26H22F6N6O7S/c1-3-14-10-16(4-5-18(14)44-19-6-7-34-23(36-19)35-8-9-46(2,42)43)37-20(39)21(45-22(40)26(30,31)32)38(24(37)41)17-11-15(12-33-13-17)25(27,28)29/h4-7,10-13,21H,3,8-9H2,1-2H3,(H,34,35,36). The summed E-state index contributed by atoms with van der Waals surface area (Å²) in [6.07, 6.45) is -9.54. The lowest BCUT2D eigenvalue weighted by Gasteiger charge is -2.22. The molecule has 46 heavy (non-hydrogen) atoms. The van der Waals surface area contributed by atoms with Gasteiger partial charge in [0.15, 0.2) is 0 Å². The molecule has 0 spiro atoms. The second-order valence-electron chi connectivity index (χ2n) is 9.53. The van der Waals surface area contributed by atoms with E-state index >= 15 is 0 Å². The number of anilines is 3. The van der Waals surface area contributed by atoms with E-state index in [1.807, 2.05) is 0 Å². The summed E-state index contributed by atoms with van der Waals surface area (Å²) < 4.78 is 112. The maximum Gasteiger partial charge on any atom is 0.491 e. The largest absolute Gasteiger partial charge is 0.491 e. The first-order chi connectivity index (χ1) is 21.4. The summed E-state index contributed by atoms with van der Waals surface area (Å²) in [5.74, 6) is -4.34. The summed E-state index contributed by atoms with van der Waals surface area (Å²) in [5, 5.41) is 2.73. The normalized spacial score (nSPS) is 15.7. The highest BCUT2D eigenvalue weighted by Crippen LogP contribution is 2.37. The Balaban J connectivity index is 1.66. The Morgan fingerprint density at radius 1 is 1.04 bits per heavy atom. The molecule has 1 N–H and O–H groups in total. The van der Waals surface area contributed by atoms with Gasteiger partial charge in [0.2, 0.25) is 11.8 Å². The Morgan fingerprint density at radius 3 is 2.39 bits per heavy atom. The van der Waals surface area contributed by atoms with Gasteiger partial charge in [-0.25, -0.2) is 32.8 Å². The molecule has 13 nitrogen and oxygen atoms in total. The molecular weight excluding hydrogens is 654 g/mol. The first kappa shape index (κ1) is 33.9. The molecule has 3 heterocycles. The highest BCUT2D eigenvalue weighted by Gasteiger charge is 2.53. The Bertz CT molecular complexity index is 1770. The van der Waals surface area contributed by atoms with Crippen LogP contribution < -0.4 is 19.9 Å². The van der Waals surface area contributed by atoms with Gasteiger partial charge in [-0.1, -0.05) is 6.92 Å². The summed E-state index contributed by atoms with van der Waals surface area (Å²) >= 11 is 0. The number of sulfone groups is 1. The van der Waals surface area contributed by atoms with Gasteiger partial charge in [-0.15, -0.1) is 0 Å². The number of alkyl halides is 6. The summed E-state index contributed by atoms with van der Waals surface area (Å²) in [6.45, 7) is 1.67. The number of carbonyl (C=O) groups excluding carboxylic acids is 3. The minimum Gasteiger partial charge on any atom is -0.439 e. The second-order valence-corrected chi connectivity index (χ2v) is 11.8. The van der Waals surface area contributed by atoms with Crippen molar-refractivity contribution in [2.24, 2.45) is 0 Å². The number of aromatic nitrogens is 3. The minimum atomic E-state index is -5.60. The third-order valence-corrected chi connectivity index (χ3v) is 7.07. The van der Waals surface area contributed by atoms with Crippen molar-refractivity contribution in [3.63, 3.8) is 0 Å². The number of pyridine rings is 1. The average Bonchev–Trinajstić information content (AvgIpc) is 3.20. The number of nitrogens with one attached hydrogen (secondary N) is 1. The molecule has 0 saturated carbocycles. The van der Waals surface area contributed by atoms with Gasteiger partial charge < -0.3 is 14.8 Å². The lowest BCUT2D eigenvalue weighted by molar-refractivity contribution is -0.204. The van der Waals surface area contributed by atoms with Crippen molar-refractivity contribution in [3.8, 4) is 11.6 Å². The number of benzene rings is 1. The molecular formula is C26H22F6N6O7S. The molecule has 1 unspecified atom stereocenters. The van der Waals surface area contributed by atoms with Crippen molar-refractivity contribution in [3.05, 3.63) is 60.0 Å². The molecule has 1 atom stereocenters. The number of ether oxygens (including phenoxy) is 2. The lowest BCUT2D eigenvalue weighted by atomic mass is 10.1. The van der Waals surface area contributed by atoms with Gasteiger partial charge in [0.1, 0.15) is 15.6 Å². The fourth-order valence-corrected chi connectivity index (χ4v) is 4.49. The molecule has 2 aromatic heterocycles. The van der Waals surface area contributed by atoms with Gasteiger partial charge in [-0.05, 0) is 36.2 Å². The maximum absolute atomic E-state index is 13.4. The van der Waals surface area contributed by atoms with Gasteiger partial charge in [0.05, 0.1) is 28.9 Å². The van der Waals surface area contributed by atoms with Crippen LogP contribution in [0.1, 0.15) is 18.1 Å². The van der Waals surface area contributed by atoms with Crippen molar-refractivity contribution in [1.29, 1.82) is 0 Å². The van der Waals surface area contributed by atoms with Gasteiger partial charge in [0, 0.05) is 31.3 Å². The molecule has 3 amide bonds. The van der Waals surface area contributed by atoms with Crippen LogP contribution in [0.5, 0.6) is 11.6 Å². The lowest BCUT2D eigenvalue weighted by Crippen LogP contribution is -2.42. The highest BCUT2D eigenvalue weighted by molar-refractivity contribution is 7.90. The topological polar surface area (TPSA) is 161 Å². The molecule has 246 valence electrons. The molecule has 1 fully saturated rings. The molecule has 0 bridgehead atoms. The zero-order chi connectivity index (χ0) is 34.0. The van der Waals surface area contributed by atoms with Crippen LogP contribution in [-0.2, 0) is 36.8 Å². The second kappa shape index (κ2) is 12.8. The Hall–Kier alpha value is -5.01. The van der Waals surface area contributed by atoms with Gasteiger partial charge in [-0.2, -0.15) is 31.3 Å². The SMILES string of the molecule is CCc1cc(N2C(=O)C(OC(=O)C(F)(F)F)N(c3cncc(C(F)(F)F)c3)C2=O)ccc1Oc1ccnc(NCCS(C)(=O)=O)n1. The predicted octanol–water partition coefficient (Wildman–Crippen LogP) is 4.11. The van der Waals surface area contributed by atoms with E-state index in [1.54, 1.807) is 6.92 Å². The Kier molecular flexibility index (Phi) is 9.41. The van der Waals surface area contributed by atoms with Crippen molar-refractivity contribution in [1.82, 2.24) is 15.0 Å². The summed E-state index contributed by atoms with van der Waals surface area (Å²) in [7, 11) is -3.25. The monoisotopic (exact) mass is 676 g/mol. The summed E-state index contributed by atoms with van der Waals surface area (Å²) in [5.41, 5.74) is -2.05. The number of nitrogens with zero attached hydrogens (tertiary/aromatic N) is 5. The molecule has 0 aliphatic carbocycles. The Labute approximate surface area is 256 Å². The fourth-order valence-electron chi connectivity index (χ4n) is 4.02. The first-order valence-electron chi connectivity index (χ1n) is 12.9.